The fourth-order valence-corrected chi connectivity index (χ4v) is 2.32. The predicted molar refractivity (Wildman–Crippen MR) is 73.8 cm³/mol. The number of ether oxygens (including phenoxy) is 1. The maximum Gasteiger partial charge on any atom is 0.220 e. The molecule has 0 unspecified atom stereocenters. The van der Waals surface area contributed by atoms with Crippen molar-refractivity contribution < 1.29 is 9.53 Å². The number of allylic oxidation sites excluding steroid dienone is 1. The molecular weight excluding hydrogens is 238 g/mol. The number of carbonyl (C=O) groups is 1. The Bertz CT molecular complexity index is 660. The molecule has 0 bridgehead atoms. The smallest absolute Gasteiger partial charge is 0.220 e. The number of fused-ring (bicyclic) bond motifs is 1. The Morgan fingerprint density at radius 2 is 1.95 bits per heavy atom. The lowest BCUT2D eigenvalue weighted by Gasteiger charge is -2.17. The normalized spacial score (nSPS) is 13.7. The summed E-state index contributed by atoms with van der Waals surface area (Å²) in [5.74, 6) is 0.699. The van der Waals surface area contributed by atoms with E-state index in [2.05, 4.69) is 4.98 Å². The minimum absolute atomic E-state index is 0.131. The van der Waals surface area contributed by atoms with E-state index < -0.39 is 0 Å². The van der Waals surface area contributed by atoms with Crippen LogP contribution in [0.4, 0.5) is 0 Å². The Morgan fingerprint density at radius 1 is 1.16 bits per heavy atom. The molecule has 1 aliphatic rings. The monoisotopic (exact) mass is 251 g/mol. The summed E-state index contributed by atoms with van der Waals surface area (Å²) in [6, 6.07) is 11.6. The number of aromatic nitrogens is 1. The Kier molecular flexibility index (Phi) is 2.88. The Morgan fingerprint density at radius 3 is 2.68 bits per heavy atom. The van der Waals surface area contributed by atoms with E-state index in [1.807, 2.05) is 42.5 Å². The number of benzene rings is 1. The zero-order valence-electron chi connectivity index (χ0n) is 10.6. The van der Waals surface area contributed by atoms with Crippen molar-refractivity contribution in [2.45, 2.75) is 6.42 Å². The molecule has 1 heterocycles. The first kappa shape index (κ1) is 11.7. The third kappa shape index (κ3) is 2.03. The van der Waals surface area contributed by atoms with Crippen LogP contribution in [0.15, 0.2) is 42.6 Å². The van der Waals surface area contributed by atoms with Crippen LogP contribution in [0.25, 0.3) is 11.6 Å². The molecule has 0 N–H and O–H groups in total. The second kappa shape index (κ2) is 4.69. The van der Waals surface area contributed by atoms with Gasteiger partial charge in [-0.3, -0.25) is 4.79 Å². The lowest BCUT2D eigenvalue weighted by Crippen LogP contribution is -2.12. The summed E-state index contributed by atoms with van der Waals surface area (Å²) in [4.78, 5) is 16.4. The van der Waals surface area contributed by atoms with Gasteiger partial charge in [0.25, 0.3) is 0 Å². The van der Waals surface area contributed by atoms with Crippen molar-refractivity contribution in [3.8, 4) is 5.88 Å². The lowest BCUT2D eigenvalue weighted by molar-refractivity contribution is -0.113. The number of Topliss-reactive ketones (excluding diaryl/α,β-unsaturated/α-hetero) is 1. The molecule has 0 radical (unpaired) electrons. The van der Waals surface area contributed by atoms with E-state index in [1.54, 1.807) is 13.3 Å². The highest BCUT2D eigenvalue weighted by molar-refractivity contribution is 6.27. The highest BCUT2D eigenvalue weighted by Gasteiger charge is 2.22. The van der Waals surface area contributed by atoms with Gasteiger partial charge in [0.15, 0.2) is 5.78 Å². The van der Waals surface area contributed by atoms with Crippen LogP contribution in [0.3, 0.4) is 0 Å². The topological polar surface area (TPSA) is 39.2 Å². The first-order valence-corrected chi connectivity index (χ1v) is 6.12. The third-order valence-corrected chi connectivity index (χ3v) is 3.26. The number of nitrogens with zero attached hydrogens (tertiary/aromatic N) is 1. The SMILES string of the molecule is COc1nccc2c1C=C(c1ccccc1)C(=O)C2. The first-order chi connectivity index (χ1) is 9.29. The number of methoxy groups -OCH3 is 1. The van der Waals surface area contributed by atoms with Crippen LogP contribution in [-0.2, 0) is 11.2 Å². The molecule has 0 saturated heterocycles. The first-order valence-electron chi connectivity index (χ1n) is 6.12. The summed E-state index contributed by atoms with van der Waals surface area (Å²) in [6.07, 6.45) is 3.95. The van der Waals surface area contributed by atoms with Gasteiger partial charge < -0.3 is 4.74 Å². The third-order valence-electron chi connectivity index (χ3n) is 3.26. The quantitative estimate of drug-likeness (QED) is 0.823. The van der Waals surface area contributed by atoms with Gasteiger partial charge in [-0.15, -0.1) is 0 Å². The minimum atomic E-state index is 0.131. The zero-order chi connectivity index (χ0) is 13.2. The molecule has 0 saturated carbocycles. The molecule has 0 fully saturated rings. The number of rotatable bonds is 2. The van der Waals surface area contributed by atoms with Crippen LogP contribution in [0.2, 0.25) is 0 Å². The Labute approximate surface area is 111 Å². The fraction of sp³-hybridized carbons (Fsp3) is 0.125. The van der Waals surface area contributed by atoms with E-state index in [1.165, 1.54) is 0 Å². The summed E-state index contributed by atoms with van der Waals surface area (Å²) >= 11 is 0. The second-order valence-corrected chi connectivity index (χ2v) is 4.42. The van der Waals surface area contributed by atoms with Crippen LogP contribution in [0.5, 0.6) is 5.88 Å². The molecule has 3 heteroatoms. The van der Waals surface area contributed by atoms with Crippen molar-refractivity contribution in [1.82, 2.24) is 4.98 Å². The number of carbonyl (C=O) groups excluding carboxylic acids is 1. The molecule has 94 valence electrons. The van der Waals surface area contributed by atoms with Gasteiger partial charge >= 0.3 is 0 Å². The maximum absolute atomic E-state index is 12.2. The average Bonchev–Trinajstić information content (AvgIpc) is 2.46. The Balaban J connectivity index is 2.16. The van der Waals surface area contributed by atoms with E-state index in [4.69, 9.17) is 4.74 Å². The number of pyridine rings is 1. The molecule has 0 atom stereocenters. The molecule has 0 amide bonds. The van der Waals surface area contributed by atoms with Gasteiger partial charge in [0.1, 0.15) is 0 Å². The second-order valence-electron chi connectivity index (χ2n) is 4.42. The van der Waals surface area contributed by atoms with E-state index in [9.17, 15) is 4.79 Å². The maximum atomic E-state index is 12.2. The van der Waals surface area contributed by atoms with E-state index >= 15 is 0 Å². The predicted octanol–water partition coefficient (Wildman–Crippen LogP) is 2.76. The van der Waals surface area contributed by atoms with Crippen molar-refractivity contribution in [1.29, 1.82) is 0 Å². The summed E-state index contributed by atoms with van der Waals surface area (Å²) < 4.78 is 5.27. The Hall–Kier alpha value is -2.42. The average molecular weight is 251 g/mol. The highest BCUT2D eigenvalue weighted by atomic mass is 16.5. The molecular formula is C16H13NO2. The van der Waals surface area contributed by atoms with Crippen molar-refractivity contribution >= 4 is 17.4 Å². The van der Waals surface area contributed by atoms with Crippen molar-refractivity contribution in [2.75, 3.05) is 7.11 Å². The van der Waals surface area contributed by atoms with Crippen LogP contribution in [-0.4, -0.2) is 17.9 Å². The molecule has 2 aromatic rings. The fourth-order valence-electron chi connectivity index (χ4n) is 2.32. The van der Waals surface area contributed by atoms with E-state index in [-0.39, 0.29) is 5.78 Å². The largest absolute Gasteiger partial charge is 0.481 e. The number of hydrogen-bond donors (Lipinski definition) is 0. The van der Waals surface area contributed by atoms with E-state index in [0.29, 0.717) is 12.3 Å². The van der Waals surface area contributed by atoms with Gasteiger partial charge in [-0.1, -0.05) is 30.3 Å². The summed E-state index contributed by atoms with van der Waals surface area (Å²) in [7, 11) is 1.59. The molecule has 3 nitrogen and oxygen atoms in total. The molecule has 3 rings (SSSR count). The van der Waals surface area contributed by atoms with Gasteiger partial charge in [0.05, 0.1) is 7.11 Å². The molecule has 1 aromatic carbocycles. The lowest BCUT2D eigenvalue weighted by atomic mass is 9.88. The summed E-state index contributed by atoms with van der Waals surface area (Å²) in [6.45, 7) is 0. The van der Waals surface area contributed by atoms with Crippen LogP contribution in [0.1, 0.15) is 16.7 Å². The van der Waals surface area contributed by atoms with Crippen molar-refractivity contribution in [3.63, 3.8) is 0 Å². The molecule has 1 aromatic heterocycles. The standard InChI is InChI=1S/C16H13NO2/c1-19-16-14-10-13(11-5-3-2-4-6-11)15(18)9-12(14)7-8-17-16/h2-8,10H,9H2,1H3. The molecule has 1 aliphatic carbocycles. The number of hydrogen-bond acceptors (Lipinski definition) is 3. The van der Waals surface area contributed by atoms with Gasteiger partial charge in [0, 0.05) is 23.8 Å². The van der Waals surface area contributed by atoms with Gasteiger partial charge in [0.2, 0.25) is 5.88 Å². The zero-order valence-corrected chi connectivity index (χ0v) is 10.6. The van der Waals surface area contributed by atoms with Gasteiger partial charge in [-0.05, 0) is 23.3 Å². The molecule has 19 heavy (non-hydrogen) atoms. The van der Waals surface area contributed by atoms with Crippen LogP contribution >= 0.6 is 0 Å². The summed E-state index contributed by atoms with van der Waals surface area (Å²) in [5.41, 5.74) is 3.53. The molecule has 0 spiro atoms. The van der Waals surface area contributed by atoms with Crippen LogP contribution in [0, 0.1) is 0 Å². The summed E-state index contributed by atoms with van der Waals surface area (Å²) in [5, 5.41) is 0. The van der Waals surface area contributed by atoms with Crippen molar-refractivity contribution in [3.05, 3.63) is 59.3 Å². The van der Waals surface area contributed by atoms with Gasteiger partial charge in [-0.2, -0.15) is 0 Å². The van der Waals surface area contributed by atoms with Crippen molar-refractivity contribution in [2.24, 2.45) is 0 Å². The van der Waals surface area contributed by atoms with Crippen LogP contribution < -0.4 is 4.74 Å². The van der Waals surface area contributed by atoms with E-state index in [0.717, 1.165) is 22.3 Å². The minimum Gasteiger partial charge on any atom is -0.481 e. The molecule has 0 aliphatic heterocycles. The highest BCUT2D eigenvalue weighted by Crippen LogP contribution is 2.31. The number of ketones is 1. The van der Waals surface area contributed by atoms with Gasteiger partial charge in [-0.25, -0.2) is 4.98 Å².